The molecule has 2 heterocycles. The highest BCUT2D eigenvalue weighted by molar-refractivity contribution is 7.98. The fraction of sp³-hybridized carbons (Fsp3) is 0.304. The Kier molecular flexibility index (Phi) is 6.53. The lowest BCUT2D eigenvalue weighted by molar-refractivity contribution is 0.0943. The van der Waals surface area contributed by atoms with Crippen LogP contribution < -0.4 is 10.9 Å². The minimum Gasteiger partial charge on any atom is -0.350 e. The predicted octanol–water partition coefficient (Wildman–Crippen LogP) is 4.54. The van der Waals surface area contributed by atoms with Crippen LogP contribution in [0.3, 0.4) is 0 Å². The topological polar surface area (TPSA) is 81.3 Å². The summed E-state index contributed by atoms with van der Waals surface area (Å²) >= 11 is 7.62. The fourth-order valence-corrected chi connectivity index (χ4v) is 4.66. The molecule has 0 aliphatic rings. The van der Waals surface area contributed by atoms with Crippen LogP contribution in [0.25, 0.3) is 16.7 Å². The quantitative estimate of drug-likeness (QED) is 0.402. The molecule has 166 valence electrons. The normalized spacial score (nSPS) is 11.5. The number of halogens is 1. The van der Waals surface area contributed by atoms with E-state index in [0.717, 1.165) is 12.0 Å². The molecule has 0 fully saturated rings. The highest BCUT2D eigenvalue weighted by Crippen LogP contribution is 2.26. The number of hydrogen-bond donors (Lipinski definition) is 1. The maximum atomic E-state index is 13.2. The van der Waals surface area contributed by atoms with Crippen LogP contribution in [-0.4, -0.2) is 31.1 Å². The van der Waals surface area contributed by atoms with Crippen LogP contribution >= 0.6 is 23.4 Å². The van der Waals surface area contributed by atoms with E-state index < -0.39 is 0 Å². The lowest BCUT2D eigenvalue weighted by Gasteiger charge is -2.13. The minimum absolute atomic E-state index is 0.00879. The second kappa shape index (κ2) is 9.34. The van der Waals surface area contributed by atoms with Gasteiger partial charge in [0.05, 0.1) is 10.9 Å². The number of thioether (sulfide) groups is 1. The van der Waals surface area contributed by atoms with Crippen LogP contribution in [-0.2, 0) is 12.3 Å². The Bertz CT molecular complexity index is 1360. The van der Waals surface area contributed by atoms with Crippen molar-refractivity contribution in [2.75, 3.05) is 0 Å². The number of aryl methyl sites for hydroxylation is 1. The molecule has 0 spiro atoms. The summed E-state index contributed by atoms with van der Waals surface area (Å²) in [5.41, 5.74) is 2.03. The maximum absolute atomic E-state index is 13.2. The molecule has 0 radical (unpaired) electrons. The summed E-state index contributed by atoms with van der Waals surface area (Å²) in [4.78, 5) is 25.8. The van der Waals surface area contributed by atoms with Gasteiger partial charge in [-0.2, -0.15) is 0 Å². The summed E-state index contributed by atoms with van der Waals surface area (Å²) in [6, 6.07) is 12.8. The Morgan fingerprint density at radius 1 is 1.19 bits per heavy atom. The van der Waals surface area contributed by atoms with Crippen molar-refractivity contribution >= 4 is 46.0 Å². The molecule has 0 atom stereocenters. The van der Waals surface area contributed by atoms with Crippen LogP contribution in [0.15, 0.2) is 52.4 Å². The Morgan fingerprint density at radius 2 is 2.00 bits per heavy atom. The summed E-state index contributed by atoms with van der Waals surface area (Å²) < 4.78 is 3.51. The van der Waals surface area contributed by atoms with Gasteiger partial charge in [0.1, 0.15) is 0 Å². The van der Waals surface area contributed by atoms with Gasteiger partial charge in [-0.15, -0.1) is 10.2 Å². The maximum Gasteiger partial charge on any atom is 0.262 e. The second-order valence-corrected chi connectivity index (χ2v) is 9.23. The number of nitrogens with zero attached hydrogens (tertiary/aromatic N) is 4. The number of carbonyl (C=O) groups excluding carboxylic acids is 1. The van der Waals surface area contributed by atoms with Gasteiger partial charge in [0.15, 0.2) is 5.16 Å². The fourth-order valence-electron chi connectivity index (χ4n) is 3.56. The molecule has 4 rings (SSSR count). The zero-order chi connectivity index (χ0) is 22.8. The molecule has 1 N–H and O–H groups in total. The van der Waals surface area contributed by atoms with Crippen molar-refractivity contribution in [3.05, 3.63) is 69.0 Å². The van der Waals surface area contributed by atoms with Crippen LogP contribution in [0.4, 0.5) is 0 Å². The van der Waals surface area contributed by atoms with Gasteiger partial charge in [-0.1, -0.05) is 42.4 Å². The predicted molar refractivity (Wildman–Crippen MR) is 129 cm³/mol. The Labute approximate surface area is 194 Å². The monoisotopic (exact) mass is 469 g/mol. The third kappa shape index (κ3) is 4.38. The number of carbonyl (C=O) groups is 1. The molecule has 9 heteroatoms. The van der Waals surface area contributed by atoms with Crippen molar-refractivity contribution in [3.63, 3.8) is 0 Å². The molecule has 0 aliphatic carbocycles. The Balaban J connectivity index is 1.87. The minimum atomic E-state index is -0.186. The molecular formula is C23H24ClN5O2S. The van der Waals surface area contributed by atoms with E-state index in [2.05, 4.69) is 15.5 Å². The molecule has 32 heavy (non-hydrogen) atoms. The van der Waals surface area contributed by atoms with Crippen molar-refractivity contribution < 1.29 is 4.79 Å². The van der Waals surface area contributed by atoms with E-state index in [1.54, 1.807) is 22.8 Å². The smallest absolute Gasteiger partial charge is 0.262 e. The first-order chi connectivity index (χ1) is 15.4. The summed E-state index contributed by atoms with van der Waals surface area (Å²) in [6.07, 6.45) is 0.786. The van der Waals surface area contributed by atoms with E-state index in [-0.39, 0.29) is 17.5 Å². The van der Waals surface area contributed by atoms with Crippen LogP contribution in [0.5, 0.6) is 0 Å². The van der Waals surface area contributed by atoms with Gasteiger partial charge in [-0.3, -0.25) is 18.6 Å². The molecule has 0 bridgehead atoms. The van der Waals surface area contributed by atoms with E-state index in [1.807, 2.05) is 49.4 Å². The highest BCUT2D eigenvalue weighted by atomic mass is 35.5. The van der Waals surface area contributed by atoms with Crippen LogP contribution in [0.2, 0.25) is 5.02 Å². The zero-order valence-corrected chi connectivity index (χ0v) is 19.7. The SMILES string of the molecule is CCCn1c(=O)c2ccc(C(=O)NC(C)C)cc2n2c(SCc3cccc(Cl)c3)nnc12. The van der Waals surface area contributed by atoms with Gasteiger partial charge in [0.25, 0.3) is 11.5 Å². The molecule has 0 saturated heterocycles. The van der Waals surface area contributed by atoms with Gasteiger partial charge >= 0.3 is 0 Å². The number of aromatic nitrogens is 4. The van der Waals surface area contributed by atoms with Crippen molar-refractivity contribution in [1.82, 2.24) is 24.5 Å². The molecule has 4 aromatic rings. The van der Waals surface area contributed by atoms with Crippen molar-refractivity contribution in [1.29, 1.82) is 0 Å². The van der Waals surface area contributed by atoms with Gasteiger partial charge in [0, 0.05) is 28.9 Å². The standard InChI is InChI=1S/C23H24ClN5O2S/c1-4-10-28-21(31)18-9-8-16(20(30)25-14(2)3)12-19(18)29-22(28)26-27-23(29)32-13-15-6-5-7-17(24)11-15/h5-9,11-12,14H,4,10,13H2,1-3H3,(H,25,30). The van der Waals surface area contributed by atoms with E-state index in [4.69, 9.17) is 11.6 Å². The van der Waals surface area contributed by atoms with E-state index >= 15 is 0 Å². The number of amides is 1. The van der Waals surface area contributed by atoms with E-state index in [1.165, 1.54) is 11.8 Å². The third-order valence-corrected chi connectivity index (χ3v) is 6.19. The summed E-state index contributed by atoms with van der Waals surface area (Å²) in [5, 5.41) is 13.5. The Hall–Kier alpha value is -2.84. The average molecular weight is 470 g/mol. The number of fused-ring (bicyclic) bond motifs is 3. The molecule has 7 nitrogen and oxygen atoms in total. The molecule has 2 aromatic heterocycles. The van der Waals surface area contributed by atoms with Gasteiger partial charge in [-0.05, 0) is 56.2 Å². The molecule has 0 aliphatic heterocycles. The molecule has 1 amide bonds. The van der Waals surface area contributed by atoms with Gasteiger partial charge in [0.2, 0.25) is 5.78 Å². The van der Waals surface area contributed by atoms with Crippen molar-refractivity contribution in [3.8, 4) is 0 Å². The van der Waals surface area contributed by atoms with Crippen LogP contribution in [0.1, 0.15) is 43.1 Å². The van der Waals surface area contributed by atoms with E-state index in [9.17, 15) is 9.59 Å². The molecule has 0 unspecified atom stereocenters. The average Bonchev–Trinajstić information content (AvgIpc) is 3.18. The molecule has 2 aromatic carbocycles. The first-order valence-electron chi connectivity index (χ1n) is 10.5. The summed E-state index contributed by atoms with van der Waals surface area (Å²) in [7, 11) is 0. The molecular weight excluding hydrogens is 446 g/mol. The lowest BCUT2D eigenvalue weighted by atomic mass is 10.1. The first kappa shape index (κ1) is 22.4. The number of hydrogen-bond acceptors (Lipinski definition) is 5. The summed E-state index contributed by atoms with van der Waals surface area (Å²) in [5.74, 6) is 0.928. The second-order valence-electron chi connectivity index (χ2n) is 7.85. The van der Waals surface area contributed by atoms with Gasteiger partial charge < -0.3 is 5.32 Å². The third-order valence-electron chi connectivity index (χ3n) is 4.96. The number of rotatable bonds is 7. The number of benzene rings is 2. The molecule has 0 saturated carbocycles. The van der Waals surface area contributed by atoms with Crippen molar-refractivity contribution in [2.24, 2.45) is 0 Å². The van der Waals surface area contributed by atoms with Crippen molar-refractivity contribution in [2.45, 2.75) is 50.7 Å². The van der Waals surface area contributed by atoms with Crippen LogP contribution in [0, 0.1) is 0 Å². The highest BCUT2D eigenvalue weighted by Gasteiger charge is 2.18. The van der Waals surface area contributed by atoms with Gasteiger partial charge in [-0.25, -0.2) is 0 Å². The number of nitrogens with one attached hydrogen (secondary N) is 1. The zero-order valence-electron chi connectivity index (χ0n) is 18.1. The summed E-state index contributed by atoms with van der Waals surface area (Å²) in [6.45, 7) is 6.36. The first-order valence-corrected chi connectivity index (χ1v) is 11.8. The lowest BCUT2D eigenvalue weighted by Crippen LogP contribution is -2.30. The van der Waals surface area contributed by atoms with E-state index in [0.29, 0.717) is 44.7 Å². The largest absolute Gasteiger partial charge is 0.350 e. The Morgan fingerprint density at radius 3 is 2.72 bits per heavy atom.